The van der Waals surface area contributed by atoms with Crippen molar-refractivity contribution in [1.82, 2.24) is 10.3 Å². The van der Waals surface area contributed by atoms with Gasteiger partial charge in [-0.15, -0.1) is 0 Å². The maximum atomic E-state index is 12.5. The van der Waals surface area contributed by atoms with E-state index in [0.29, 0.717) is 22.2 Å². The third-order valence-electron chi connectivity index (χ3n) is 4.19. The van der Waals surface area contributed by atoms with Crippen LogP contribution in [-0.2, 0) is 4.79 Å². The van der Waals surface area contributed by atoms with E-state index < -0.39 is 6.10 Å². The minimum Gasteiger partial charge on any atom is -0.497 e. The molecule has 3 rings (SSSR count). The molecule has 8 heteroatoms. The van der Waals surface area contributed by atoms with E-state index >= 15 is 0 Å². The van der Waals surface area contributed by atoms with Crippen molar-refractivity contribution >= 4 is 23.3 Å². The number of halogens is 1. The molecule has 0 aliphatic rings. The molecule has 0 bridgehead atoms. The van der Waals surface area contributed by atoms with Crippen LogP contribution in [0.15, 0.2) is 41.0 Å². The molecule has 1 atom stereocenters. The molecule has 0 spiro atoms. The van der Waals surface area contributed by atoms with E-state index in [2.05, 4.69) is 15.6 Å². The SMILES string of the molecule is COc1ccc(-c2nonc2NC(=O)C(C)Oc2cc(C)c(Cl)c(C)c2)cc1. The lowest BCUT2D eigenvalue weighted by molar-refractivity contribution is -0.122. The lowest BCUT2D eigenvalue weighted by Crippen LogP contribution is -2.30. The molecule has 0 aliphatic carbocycles. The lowest BCUT2D eigenvalue weighted by atomic mass is 10.1. The predicted octanol–water partition coefficient (Wildman–Crippen LogP) is 4.42. The Kier molecular flexibility index (Phi) is 5.84. The van der Waals surface area contributed by atoms with Gasteiger partial charge in [0.15, 0.2) is 11.8 Å². The second-order valence-corrected chi connectivity index (χ2v) is 6.69. The second-order valence-electron chi connectivity index (χ2n) is 6.31. The minimum atomic E-state index is -0.764. The van der Waals surface area contributed by atoms with Gasteiger partial charge in [-0.1, -0.05) is 11.6 Å². The monoisotopic (exact) mass is 401 g/mol. The summed E-state index contributed by atoms with van der Waals surface area (Å²) in [6, 6.07) is 10.7. The Hall–Kier alpha value is -3.06. The van der Waals surface area contributed by atoms with Crippen molar-refractivity contribution in [2.24, 2.45) is 0 Å². The number of anilines is 1. The van der Waals surface area contributed by atoms with Crippen LogP contribution < -0.4 is 14.8 Å². The normalized spacial score (nSPS) is 11.8. The van der Waals surface area contributed by atoms with E-state index in [4.69, 9.17) is 25.7 Å². The first-order valence-corrected chi connectivity index (χ1v) is 8.98. The summed E-state index contributed by atoms with van der Waals surface area (Å²) in [7, 11) is 1.59. The summed E-state index contributed by atoms with van der Waals surface area (Å²) >= 11 is 6.17. The molecule has 146 valence electrons. The van der Waals surface area contributed by atoms with Crippen molar-refractivity contribution in [1.29, 1.82) is 0 Å². The fraction of sp³-hybridized carbons (Fsp3) is 0.250. The van der Waals surface area contributed by atoms with Gasteiger partial charge < -0.3 is 14.8 Å². The molecule has 28 heavy (non-hydrogen) atoms. The standard InChI is InChI=1S/C20H20ClN3O4/c1-11-9-16(10-12(2)17(11)21)27-13(3)20(25)22-19-18(23-28-24-19)14-5-7-15(26-4)8-6-14/h5-10,13H,1-4H3,(H,22,24,25). The summed E-state index contributed by atoms with van der Waals surface area (Å²) in [5.41, 5.74) is 2.91. The van der Waals surface area contributed by atoms with Crippen molar-refractivity contribution in [3.8, 4) is 22.8 Å². The summed E-state index contributed by atoms with van der Waals surface area (Å²) < 4.78 is 15.7. The van der Waals surface area contributed by atoms with Gasteiger partial charge >= 0.3 is 0 Å². The number of rotatable bonds is 6. The Labute approximate surface area is 167 Å². The number of hydrogen-bond donors (Lipinski definition) is 1. The molecule has 1 heterocycles. The van der Waals surface area contributed by atoms with Crippen LogP contribution in [0.2, 0.25) is 5.02 Å². The molecular weight excluding hydrogens is 382 g/mol. The fourth-order valence-electron chi connectivity index (χ4n) is 2.66. The molecule has 0 radical (unpaired) electrons. The largest absolute Gasteiger partial charge is 0.497 e. The van der Waals surface area contributed by atoms with Crippen LogP contribution in [0.5, 0.6) is 11.5 Å². The topological polar surface area (TPSA) is 86.5 Å². The fourth-order valence-corrected chi connectivity index (χ4v) is 2.77. The molecule has 1 unspecified atom stereocenters. The first-order valence-electron chi connectivity index (χ1n) is 8.60. The van der Waals surface area contributed by atoms with Gasteiger partial charge in [-0.05, 0) is 78.6 Å². The van der Waals surface area contributed by atoms with E-state index in [-0.39, 0.29) is 11.7 Å². The molecule has 1 aromatic heterocycles. The summed E-state index contributed by atoms with van der Waals surface area (Å²) in [5.74, 6) is 1.11. The van der Waals surface area contributed by atoms with Crippen molar-refractivity contribution in [3.63, 3.8) is 0 Å². The van der Waals surface area contributed by atoms with Crippen molar-refractivity contribution in [3.05, 3.63) is 52.5 Å². The Balaban J connectivity index is 1.72. The van der Waals surface area contributed by atoms with Crippen LogP contribution in [0, 0.1) is 13.8 Å². The maximum Gasteiger partial charge on any atom is 0.266 e. The molecule has 3 aromatic rings. The summed E-state index contributed by atoms with van der Waals surface area (Å²) in [4.78, 5) is 12.5. The van der Waals surface area contributed by atoms with Gasteiger partial charge in [0.25, 0.3) is 5.91 Å². The second kappa shape index (κ2) is 8.31. The van der Waals surface area contributed by atoms with E-state index in [0.717, 1.165) is 16.7 Å². The number of methoxy groups -OCH3 is 1. The summed E-state index contributed by atoms with van der Waals surface area (Å²) in [5, 5.41) is 11.0. The number of carbonyl (C=O) groups excluding carboxylic acids is 1. The Morgan fingerprint density at radius 3 is 2.36 bits per heavy atom. The number of carbonyl (C=O) groups is 1. The number of hydrogen-bond acceptors (Lipinski definition) is 6. The zero-order valence-electron chi connectivity index (χ0n) is 15.9. The minimum absolute atomic E-state index is 0.217. The van der Waals surface area contributed by atoms with Crippen LogP contribution in [-0.4, -0.2) is 29.4 Å². The quantitative estimate of drug-likeness (QED) is 0.657. The molecule has 1 amide bonds. The lowest BCUT2D eigenvalue weighted by Gasteiger charge is -2.15. The first kappa shape index (κ1) is 19.7. The van der Waals surface area contributed by atoms with Crippen LogP contribution in [0.1, 0.15) is 18.1 Å². The van der Waals surface area contributed by atoms with Crippen LogP contribution >= 0.6 is 11.6 Å². The zero-order chi connectivity index (χ0) is 20.3. The number of nitrogens with zero attached hydrogens (tertiary/aromatic N) is 2. The molecule has 2 aromatic carbocycles. The van der Waals surface area contributed by atoms with Crippen molar-refractivity contribution < 1.29 is 18.9 Å². The molecular formula is C20H20ClN3O4. The highest BCUT2D eigenvalue weighted by molar-refractivity contribution is 6.32. The molecule has 0 saturated heterocycles. The van der Waals surface area contributed by atoms with Gasteiger partial charge in [-0.25, -0.2) is 4.63 Å². The average molecular weight is 402 g/mol. The highest BCUT2D eigenvalue weighted by Gasteiger charge is 2.21. The molecule has 0 fully saturated rings. The van der Waals surface area contributed by atoms with Gasteiger partial charge in [0.2, 0.25) is 5.82 Å². The van der Waals surface area contributed by atoms with E-state index in [9.17, 15) is 4.79 Å². The zero-order valence-corrected chi connectivity index (χ0v) is 16.7. The van der Waals surface area contributed by atoms with Gasteiger partial charge in [0.05, 0.1) is 7.11 Å². The maximum absolute atomic E-state index is 12.5. The number of amides is 1. The third-order valence-corrected chi connectivity index (χ3v) is 4.78. The first-order chi connectivity index (χ1) is 13.4. The van der Waals surface area contributed by atoms with Crippen molar-refractivity contribution in [2.75, 3.05) is 12.4 Å². The van der Waals surface area contributed by atoms with E-state index in [1.807, 2.05) is 13.8 Å². The average Bonchev–Trinajstić information content (AvgIpc) is 3.14. The van der Waals surface area contributed by atoms with Gasteiger partial charge in [-0.3, -0.25) is 4.79 Å². The molecule has 7 nitrogen and oxygen atoms in total. The highest BCUT2D eigenvalue weighted by atomic mass is 35.5. The van der Waals surface area contributed by atoms with Crippen molar-refractivity contribution in [2.45, 2.75) is 26.9 Å². The number of aryl methyl sites for hydroxylation is 2. The van der Waals surface area contributed by atoms with Gasteiger partial charge in [-0.2, -0.15) is 0 Å². The van der Waals surface area contributed by atoms with E-state index in [1.54, 1.807) is 50.4 Å². The van der Waals surface area contributed by atoms with Gasteiger partial charge in [0, 0.05) is 10.6 Å². The Bertz CT molecular complexity index is 962. The molecule has 0 aliphatic heterocycles. The number of nitrogens with one attached hydrogen (secondary N) is 1. The number of benzene rings is 2. The highest BCUT2D eigenvalue weighted by Crippen LogP contribution is 2.28. The third kappa shape index (κ3) is 4.26. The molecule has 1 N–H and O–H groups in total. The smallest absolute Gasteiger partial charge is 0.266 e. The number of ether oxygens (including phenoxy) is 2. The van der Waals surface area contributed by atoms with Crippen LogP contribution in [0.25, 0.3) is 11.3 Å². The molecule has 0 saturated carbocycles. The Morgan fingerprint density at radius 1 is 1.11 bits per heavy atom. The van der Waals surface area contributed by atoms with Crippen LogP contribution in [0.4, 0.5) is 5.82 Å². The van der Waals surface area contributed by atoms with E-state index in [1.165, 1.54) is 0 Å². The van der Waals surface area contributed by atoms with Crippen LogP contribution in [0.3, 0.4) is 0 Å². The predicted molar refractivity (Wildman–Crippen MR) is 106 cm³/mol. The Morgan fingerprint density at radius 2 is 1.75 bits per heavy atom. The van der Waals surface area contributed by atoms with Gasteiger partial charge in [0.1, 0.15) is 11.5 Å². The summed E-state index contributed by atoms with van der Waals surface area (Å²) in [6.07, 6.45) is -0.764. The summed E-state index contributed by atoms with van der Waals surface area (Å²) in [6.45, 7) is 5.42. The number of aromatic nitrogens is 2.